The van der Waals surface area contributed by atoms with Crippen LogP contribution in [0.15, 0.2) is 4.63 Å². The molecule has 2 heterocycles. The molecule has 2 rings (SSSR count). The molecule has 0 aliphatic carbocycles. The fraction of sp³-hybridized carbons (Fsp3) is 0.571. The number of hydrogen-bond acceptors (Lipinski definition) is 5. The fourth-order valence-corrected chi connectivity index (χ4v) is 2.09. The van der Waals surface area contributed by atoms with Crippen LogP contribution in [0.1, 0.15) is 16.2 Å². The first-order valence-corrected chi connectivity index (χ1v) is 5.10. The predicted octanol–water partition coefficient (Wildman–Crippen LogP) is 0.525. The Bertz CT molecular complexity index is 319. The van der Waals surface area contributed by atoms with Crippen molar-refractivity contribution in [2.45, 2.75) is 6.92 Å². The summed E-state index contributed by atoms with van der Waals surface area (Å²) in [6.45, 7) is 2.50. The Morgan fingerprint density at radius 3 is 3.00 bits per heavy atom. The molecule has 1 fully saturated rings. The van der Waals surface area contributed by atoms with Gasteiger partial charge in [0.1, 0.15) is 5.69 Å². The topological polar surface area (TPSA) is 59.2 Å². The Balaban J connectivity index is 2.17. The minimum absolute atomic E-state index is 0.0799. The van der Waals surface area contributed by atoms with E-state index in [4.69, 9.17) is 0 Å². The molecule has 1 aliphatic rings. The van der Waals surface area contributed by atoms with Crippen LogP contribution in [0.25, 0.3) is 0 Å². The molecule has 0 atom stereocenters. The third kappa shape index (κ3) is 1.53. The van der Waals surface area contributed by atoms with Crippen LogP contribution in [0.2, 0.25) is 0 Å². The molecule has 0 saturated carbocycles. The number of aromatic nitrogens is 2. The lowest BCUT2D eigenvalue weighted by Gasteiger charge is -2.11. The lowest BCUT2D eigenvalue weighted by atomic mass is 10.3. The minimum Gasteiger partial charge on any atom is -0.327 e. The Morgan fingerprint density at radius 1 is 1.62 bits per heavy atom. The highest BCUT2D eigenvalue weighted by Gasteiger charge is 2.24. The lowest BCUT2D eigenvalue weighted by molar-refractivity contribution is 0.0791. The summed E-state index contributed by atoms with van der Waals surface area (Å²) in [6.07, 6.45) is 0. The third-order valence-corrected chi connectivity index (χ3v) is 2.86. The smallest absolute Gasteiger partial charge is 0.278 e. The summed E-state index contributed by atoms with van der Waals surface area (Å²) in [6, 6.07) is 0. The van der Waals surface area contributed by atoms with Crippen molar-refractivity contribution >= 4 is 17.7 Å². The van der Waals surface area contributed by atoms with E-state index in [0.29, 0.717) is 11.4 Å². The molecule has 6 heteroatoms. The lowest BCUT2D eigenvalue weighted by Crippen LogP contribution is -2.28. The Labute approximate surface area is 79.4 Å². The number of nitrogens with zero attached hydrogens (tertiary/aromatic N) is 3. The second-order valence-corrected chi connectivity index (χ2v) is 3.88. The van der Waals surface area contributed by atoms with Gasteiger partial charge in [-0.2, -0.15) is 0 Å². The maximum absolute atomic E-state index is 11.7. The van der Waals surface area contributed by atoms with E-state index in [1.54, 1.807) is 23.6 Å². The van der Waals surface area contributed by atoms with Crippen LogP contribution < -0.4 is 0 Å². The van der Waals surface area contributed by atoms with E-state index in [1.165, 1.54) is 0 Å². The number of hydrogen-bond donors (Lipinski definition) is 0. The summed E-state index contributed by atoms with van der Waals surface area (Å²) in [5.74, 6) is 1.66. The predicted molar refractivity (Wildman–Crippen MR) is 47.4 cm³/mol. The van der Waals surface area contributed by atoms with Crippen LogP contribution in [-0.4, -0.2) is 39.3 Å². The zero-order valence-electron chi connectivity index (χ0n) is 7.19. The van der Waals surface area contributed by atoms with Gasteiger partial charge in [-0.25, -0.2) is 4.63 Å². The summed E-state index contributed by atoms with van der Waals surface area (Å²) < 4.78 is 4.47. The zero-order valence-corrected chi connectivity index (χ0v) is 8.00. The molecule has 1 amide bonds. The molecule has 5 nitrogen and oxygen atoms in total. The van der Waals surface area contributed by atoms with Crippen molar-refractivity contribution in [2.24, 2.45) is 0 Å². The SMILES string of the molecule is Cc1nonc1C(=O)N1CCSC1. The summed E-state index contributed by atoms with van der Waals surface area (Å²) in [4.78, 5) is 13.4. The molecule has 1 aromatic rings. The molecule has 13 heavy (non-hydrogen) atoms. The zero-order chi connectivity index (χ0) is 9.26. The fourth-order valence-electron chi connectivity index (χ4n) is 1.15. The summed E-state index contributed by atoms with van der Waals surface area (Å²) in [5, 5.41) is 7.14. The van der Waals surface area contributed by atoms with Crippen LogP contribution in [0.5, 0.6) is 0 Å². The normalized spacial score (nSPS) is 16.5. The van der Waals surface area contributed by atoms with Gasteiger partial charge in [0.15, 0.2) is 5.69 Å². The molecule has 1 aliphatic heterocycles. The molecule has 0 radical (unpaired) electrons. The molecule has 1 saturated heterocycles. The molecule has 0 aromatic carbocycles. The van der Waals surface area contributed by atoms with E-state index < -0.39 is 0 Å². The average Bonchev–Trinajstić information content (AvgIpc) is 2.72. The van der Waals surface area contributed by atoms with Crippen molar-refractivity contribution in [3.63, 3.8) is 0 Å². The largest absolute Gasteiger partial charge is 0.327 e. The van der Waals surface area contributed by atoms with Gasteiger partial charge in [-0.05, 0) is 12.1 Å². The van der Waals surface area contributed by atoms with Crippen LogP contribution in [0.3, 0.4) is 0 Å². The van der Waals surface area contributed by atoms with Gasteiger partial charge in [0.25, 0.3) is 5.91 Å². The number of aryl methyl sites for hydroxylation is 1. The van der Waals surface area contributed by atoms with Gasteiger partial charge < -0.3 is 4.90 Å². The van der Waals surface area contributed by atoms with Crippen LogP contribution in [-0.2, 0) is 0 Å². The standard InChI is InChI=1S/C7H9N3O2S/c1-5-6(9-12-8-5)7(11)10-2-3-13-4-10/h2-4H2,1H3. The van der Waals surface area contributed by atoms with Gasteiger partial charge in [0.05, 0.1) is 5.88 Å². The van der Waals surface area contributed by atoms with Crippen LogP contribution >= 0.6 is 11.8 Å². The Hall–Kier alpha value is -1.04. The maximum atomic E-state index is 11.7. The van der Waals surface area contributed by atoms with Gasteiger partial charge in [-0.15, -0.1) is 11.8 Å². The van der Waals surface area contributed by atoms with Crippen molar-refractivity contribution in [3.05, 3.63) is 11.4 Å². The average molecular weight is 199 g/mol. The van der Waals surface area contributed by atoms with Crippen LogP contribution in [0.4, 0.5) is 0 Å². The van der Waals surface area contributed by atoms with Gasteiger partial charge in [0, 0.05) is 12.3 Å². The van der Waals surface area contributed by atoms with Gasteiger partial charge in [-0.1, -0.05) is 5.16 Å². The molecular formula is C7H9N3O2S. The highest BCUT2D eigenvalue weighted by molar-refractivity contribution is 7.99. The van der Waals surface area contributed by atoms with E-state index in [1.807, 2.05) is 0 Å². The highest BCUT2D eigenvalue weighted by atomic mass is 32.2. The Kier molecular flexibility index (Phi) is 2.22. The first kappa shape index (κ1) is 8.55. The Morgan fingerprint density at radius 2 is 2.46 bits per heavy atom. The molecular weight excluding hydrogens is 190 g/mol. The van der Waals surface area contributed by atoms with Crippen molar-refractivity contribution in [1.29, 1.82) is 0 Å². The quantitative estimate of drug-likeness (QED) is 0.660. The minimum atomic E-state index is -0.0799. The first-order chi connectivity index (χ1) is 6.29. The molecule has 1 aromatic heterocycles. The van der Waals surface area contributed by atoms with Gasteiger partial charge >= 0.3 is 0 Å². The number of thioether (sulfide) groups is 1. The molecule has 0 bridgehead atoms. The van der Waals surface area contributed by atoms with Crippen molar-refractivity contribution < 1.29 is 9.42 Å². The van der Waals surface area contributed by atoms with E-state index in [9.17, 15) is 4.79 Å². The van der Waals surface area contributed by atoms with Crippen molar-refractivity contribution in [3.8, 4) is 0 Å². The van der Waals surface area contributed by atoms with Crippen molar-refractivity contribution in [1.82, 2.24) is 15.2 Å². The molecule has 0 unspecified atom stereocenters. The summed E-state index contributed by atoms with van der Waals surface area (Å²) in [7, 11) is 0. The summed E-state index contributed by atoms with van der Waals surface area (Å²) >= 11 is 1.74. The number of amides is 1. The van der Waals surface area contributed by atoms with E-state index in [2.05, 4.69) is 14.9 Å². The number of carbonyl (C=O) groups is 1. The number of carbonyl (C=O) groups excluding carboxylic acids is 1. The summed E-state index contributed by atoms with van der Waals surface area (Å²) in [5.41, 5.74) is 0.893. The van der Waals surface area contributed by atoms with E-state index >= 15 is 0 Å². The molecule has 70 valence electrons. The maximum Gasteiger partial charge on any atom is 0.278 e. The molecule has 0 N–H and O–H groups in total. The van der Waals surface area contributed by atoms with Crippen LogP contribution in [0, 0.1) is 6.92 Å². The van der Waals surface area contributed by atoms with E-state index in [-0.39, 0.29) is 5.91 Å². The highest BCUT2D eigenvalue weighted by Crippen LogP contribution is 2.16. The van der Waals surface area contributed by atoms with Crippen molar-refractivity contribution in [2.75, 3.05) is 18.2 Å². The van der Waals surface area contributed by atoms with Gasteiger partial charge in [-0.3, -0.25) is 4.79 Å². The monoisotopic (exact) mass is 199 g/mol. The first-order valence-electron chi connectivity index (χ1n) is 3.95. The third-order valence-electron chi connectivity index (χ3n) is 1.90. The second kappa shape index (κ2) is 3.37. The second-order valence-electron chi connectivity index (χ2n) is 2.80. The number of rotatable bonds is 1. The van der Waals surface area contributed by atoms with Gasteiger partial charge in [0.2, 0.25) is 0 Å². The molecule has 0 spiro atoms. The van der Waals surface area contributed by atoms with E-state index in [0.717, 1.165) is 18.2 Å².